The number of aromatic amines is 1. The first-order valence-corrected chi connectivity index (χ1v) is 12.1. The minimum absolute atomic E-state index is 0.125. The number of fused-ring (bicyclic) bond motifs is 1. The average molecular weight is 450 g/mol. The van der Waals surface area contributed by atoms with Crippen molar-refractivity contribution in [2.45, 2.75) is 55.5 Å². The smallest absolute Gasteiger partial charge is 0.251 e. The third-order valence-electron chi connectivity index (χ3n) is 4.75. The average Bonchev–Trinajstić information content (AvgIpc) is 3.01. The third kappa shape index (κ3) is 4.60. The highest BCUT2D eigenvalue weighted by Crippen LogP contribution is 2.35. The quantitative estimate of drug-likeness (QED) is 0.530. The number of nitrogens with zero attached hydrogens (tertiary/aromatic N) is 4. The number of H-pyrrole nitrogens is 1. The standard InChI is InChI=1S/C20H27N5O3S2/c1-6-7-10-25-17-9-8-15(30(27,28)24(4)5)12-16(17)22-20(25)29-14(3)19-21-13(2)11-18(26)23-19/h8-9,11-12,14H,6-7,10H2,1-5H3,(H,21,23,26)/t14-/m0/s1. The molecule has 0 amide bonds. The Morgan fingerprint density at radius 2 is 1.97 bits per heavy atom. The van der Waals surface area contributed by atoms with Gasteiger partial charge in [0, 0.05) is 32.4 Å². The first kappa shape index (κ1) is 22.5. The van der Waals surface area contributed by atoms with Gasteiger partial charge in [0.1, 0.15) is 5.82 Å². The van der Waals surface area contributed by atoms with Crippen molar-refractivity contribution in [3.05, 3.63) is 46.1 Å². The normalized spacial score (nSPS) is 13.3. The number of unbranched alkanes of at least 4 members (excludes halogenated alkanes) is 1. The molecular formula is C20H27N5O3S2. The molecule has 10 heteroatoms. The van der Waals surface area contributed by atoms with Crippen LogP contribution in [-0.2, 0) is 16.6 Å². The van der Waals surface area contributed by atoms with Crippen molar-refractivity contribution in [2.75, 3.05) is 14.1 Å². The van der Waals surface area contributed by atoms with Crippen molar-refractivity contribution in [3.63, 3.8) is 0 Å². The number of aryl methyl sites for hydroxylation is 2. The van der Waals surface area contributed by atoms with E-state index >= 15 is 0 Å². The minimum atomic E-state index is -3.54. The summed E-state index contributed by atoms with van der Waals surface area (Å²) in [5, 5.41) is 0.647. The largest absolute Gasteiger partial charge is 0.319 e. The van der Waals surface area contributed by atoms with E-state index in [0.717, 1.165) is 30.1 Å². The van der Waals surface area contributed by atoms with Gasteiger partial charge in [0.2, 0.25) is 10.0 Å². The first-order valence-electron chi connectivity index (χ1n) is 9.80. The lowest BCUT2D eigenvalue weighted by Crippen LogP contribution is -2.22. The van der Waals surface area contributed by atoms with Crippen molar-refractivity contribution in [1.82, 2.24) is 23.8 Å². The molecule has 1 atom stereocenters. The van der Waals surface area contributed by atoms with Crippen LogP contribution in [0.25, 0.3) is 11.0 Å². The number of aromatic nitrogens is 4. The van der Waals surface area contributed by atoms with Crippen LogP contribution < -0.4 is 5.56 Å². The lowest BCUT2D eigenvalue weighted by Gasteiger charge is -2.13. The van der Waals surface area contributed by atoms with Crippen LogP contribution in [0.1, 0.15) is 43.5 Å². The number of imidazole rings is 1. The van der Waals surface area contributed by atoms with E-state index in [4.69, 9.17) is 4.98 Å². The monoisotopic (exact) mass is 449 g/mol. The fraction of sp³-hybridized carbons (Fsp3) is 0.450. The Hall–Kier alpha value is -2.17. The van der Waals surface area contributed by atoms with Crippen molar-refractivity contribution in [2.24, 2.45) is 0 Å². The van der Waals surface area contributed by atoms with Crippen LogP contribution in [0.15, 0.2) is 39.1 Å². The maximum absolute atomic E-state index is 12.5. The summed E-state index contributed by atoms with van der Waals surface area (Å²) in [7, 11) is -0.513. The zero-order chi connectivity index (χ0) is 22.1. The summed E-state index contributed by atoms with van der Waals surface area (Å²) >= 11 is 1.50. The molecule has 1 aromatic carbocycles. The molecule has 0 aliphatic rings. The van der Waals surface area contributed by atoms with Crippen molar-refractivity contribution >= 4 is 32.8 Å². The maximum Gasteiger partial charge on any atom is 0.251 e. The van der Waals surface area contributed by atoms with Crippen molar-refractivity contribution < 1.29 is 8.42 Å². The Balaban J connectivity index is 2.04. The van der Waals surface area contributed by atoms with Crippen molar-refractivity contribution in [3.8, 4) is 0 Å². The fourth-order valence-corrected chi connectivity index (χ4v) is 5.02. The molecule has 0 unspecified atom stereocenters. The zero-order valence-corrected chi connectivity index (χ0v) is 19.5. The molecule has 30 heavy (non-hydrogen) atoms. The summed E-state index contributed by atoms with van der Waals surface area (Å²) in [6, 6.07) is 6.52. The number of sulfonamides is 1. The van der Waals surface area contributed by atoms with E-state index in [2.05, 4.69) is 21.5 Å². The van der Waals surface area contributed by atoms with Crippen LogP contribution in [0.3, 0.4) is 0 Å². The SMILES string of the molecule is CCCCn1c(S[C@@H](C)c2nc(C)cc(=O)[nH]2)nc2cc(S(=O)(=O)N(C)C)ccc21. The maximum atomic E-state index is 12.5. The molecule has 3 rings (SSSR count). The van der Waals surface area contributed by atoms with Gasteiger partial charge in [0.05, 0.1) is 21.2 Å². The number of rotatable bonds is 8. The molecule has 0 spiro atoms. The molecule has 0 radical (unpaired) electrons. The Bertz CT molecular complexity index is 1210. The molecule has 2 heterocycles. The molecule has 0 aliphatic carbocycles. The van der Waals surface area contributed by atoms with Gasteiger partial charge in [-0.05, 0) is 38.5 Å². The predicted octanol–water partition coefficient (Wildman–Crippen LogP) is 3.33. The Morgan fingerprint density at radius 1 is 1.23 bits per heavy atom. The Morgan fingerprint density at radius 3 is 2.60 bits per heavy atom. The molecule has 0 aliphatic heterocycles. The van der Waals surface area contributed by atoms with Crippen LogP contribution in [0.5, 0.6) is 0 Å². The second-order valence-electron chi connectivity index (χ2n) is 7.37. The summed E-state index contributed by atoms with van der Waals surface area (Å²) in [4.78, 5) is 24.0. The minimum Gasteiger partial charge on any atom is -0.319 e. The molecular weight excluding hydrogens is 422 g/mol. The van der Waals surface area contributed by atoms with Gasteiger partial charge in [-0.15, -0.1) is 0 Å². The molecule has 0 saturated carbocycles. The number of nitrogens with one attached hydrogen (secondary N) is 1. The molecule has 162 valence electrons. The van der Waals surface area contributed by atoms with Gasteiger partial charge in [0.25, 0.3) is 5.56 Å². The lowest BCUT2D eigenvalue weighted by atomic mass is 10.3. The van der Waals surface area contributed by atoms with E-state index in [1.807, 2.05) is 13.0 Å². The van der Waals surface area contributed by atoms with Crippen molar-refractivity contribution in [1.29, 1.82) is 0 Å². The summed E-state index contributed by atoms with van der Waals surface area (Å²) in [6.45, 7) is 6.66. The molecule has 3 aromatic rings. The number of hydrogen-bond acceptors (Lipinski definition) is 6. The Kier molecular flexibility index (Phi) is 6.68. The van der Waals surface area contributed by atoms with E-state index < -0.39 is 10.0 Å². The number of hydrogen-bond donors (Lipinski definition) is 1. The van der Waals surface area contributed by atoms with Gasteiger partial charge in [0.15, 0.2) is 5.16 Å². The number of thioether (sulfide) groups is 1. The summed E-state index contributed by atoms with van der Waals surface area (Å²) < 4.78 is 28.3. The lowest BCUT2D eigenvalue weighted by molar-refractivity contribution is 0.521. The van der Waals surface area contributed by atoms with E-state index in [9.17, 15) is 13.2 Å². The van der Waals surface area contributed by atoms with Crippen LogP contribution in [-0.4, -0.2) is 46.3 Å². The topological polar surface area (TPSA) is 101 Å². The molecule has 8 nitrogen and oxygen atoms in total. The van der Waals surface area contributed by atoms with Crippen LogP contribution >= 0.6 is 11.8 Å². The molecule has 0 saturated heterocycles. The van der Waals surface area contributed by atoms with Gasteiger partial charge >= 0.3 is 0 Å². The van der Waals surface area contributed by atoms with E-state index in [1.165, 1.54) is 36.2 Å². The summed E-state index contributed by atoms with van der Waals surface area (Å²) in [5.41, 5.74) is 2.01. The highest BCUT2D eigenvalue weighted by atomic mass is 32.2. The highest BCUT2D eigenvalue weighted by Gasteiger charge is 2.21. The second-order valence-corrected chi connectivity index (χ2v) is 10.8. The van der Waals surface area contributed by atoms with E-state index in [-0.39, 0.29) is 15.7 Å². The van der Waals surface area contributed by atoms with Crippen LogP contribution in [0.4, 0.5) is 0 Å². The van der Waals surface area contributed by atoms with E-state index in [1.54, 1.807) is 19.1 Å². The number of benzene rings is 1. The molecule has 0 fully saturated rings. The highest BCUT2D eigenvalue weighted by molar-refractivity contribution is 7.99. The van der Waals surface area contributed by atoms with Gasteiger partial charge in [-0.3, -0.25) is 4.79 Å². The van der Waals surface area contributed by atoms with E-state index in [0.29, 0.717) is 17.0 Å². The fourth-order valence-electron chi connectivity index (χ4n) is 3.09. The van der Waals surface area contributed by atoms with Crippen LogP contribution in [0, 0.1) is 6.92 Å². The summed E-state index contributed by atoms with van der Waals surface area (Å²) in [5.74, 6) is 0.593. The third-order valence-corrected chi connectivity index (χ3v) is 7.66. The van der Waals surface area contributed by atoms with Gasteiger partial charge in [-0.25, -0.2) is 22.7 Å². The Labute approximate surface area is 180 Å². The predicted molar refractivity (Wildman–Crippen MR) is 119 cm³/mol. The molecule has 1 N–H and O–H groups in total. The van der Waals surface area contributed by atoms with Gasteiger partial charge in [-0.1, -0.05) is 25.1 Å². The molecule has 2 aromatic heterocycles. The van der Waals surface area contributed by atoms with Crippen LogP contribution in [0.2, 0.25) is 0 Å². The zero-order valence-electron chi connectivity index (χ0n) is 17.8. The van der Waals surface area contributed by atoms with Gasteiger partial charge in [-0.2, -0.15) is 0 Å². The summed E-state index contributed by atoms with van der Waals surface area (Å²) in [6.07, 6.45) is 2.00. The second kappa shape index (κ2) is 8.91. The van der Waals surface area contributed by atoms with Gasteiger partial charge < -0.3 is 9.55 Å². The molecule has 0 bridgehead atoms. The first-order chi connectivity index (χ1) is 14.1.